The molecule has 0 spiro atoms. The SMILES string of the molecule is OCCN1CCN(c2ccc(F)c(C(F)(F)F)c2)CC1. The Labute approximate surface area is 114 Å². The van der Waals surface area contributed by atoms with Crippen LogP contribution in [0.1, 0.15) is 5.56 Å². The van der Waals surface area contributed by atoms with Gasteiger partial charge in [0.25, 0.3) is 0 Å². The molecular formula is C13H16F4N2O. The van der Waals surface area contributed by atoms with E-state index < -0.39 is 17.6 Å². The van der Waals surface area contributed by atoms with Crippen molar-refractivity contribution in [3.8, 4) is 0 Å². The first-order chi connectivity index (χ1) is 9.41. The summed E-state index contributed by atoms with van der Waals surface area (Å²) in [7, 11) is 0. The average Bonchev–Trinajstić information content (AvgIpc) is 2.39. The summed E-state index contributed by atoms with van der Waals surface area (Å²) in [5.74, 6) is -1.25. The van der Waals surface area contributed by atoms with Gasteiger partial charge in [-0.15, -0.1) is 0 Å². The van der Waals surface area contributed by atoms with E-state index in [0.29, 0.717) is 38.4 Å². The van der Waals surface area contributed by atoms with Crippen molar-refractivity contribution in [2.45, 2.75) is 6.18 Å². The maximum Gasteiger partial charge on any atom is 0.419 e. The zero-order valence-electron chi connectivity index (χ0n) is 10.8. The minimum Gasteiger partial charge on any atom is -0.395 e. The van der Waals surface area contributed by atoms with E-state index in [2.05, 4.69) is 0 Å². The third-order valence-electron chi connectivity index (χ3n) is 3.41. The molecular weight excluding hydrogens is 276 g/mol. The van der Waals surface area contributed by atoms with E-state index >= 15 is 0 Å². The van der Waals surface area contributed by atoms with E-state index in [1.54, 1.807) is 4.90 Å². The summed E-state index contributed by atoms with van der Waals surface area (Å²) in [6.45, 7) is 3.07. The van der Waals surface area contributed by atoms with Crippen molar-refractivity contribution in [1.82, 2.24) is 4.90 Å². The zero-order chi connectivity index (χ0) is 14.8. The summed E-state index contributed by atoms with van der Waals surface area (Å²) in [5, 5.41) is 8.84. The summed E-state index contributed by atoms with van der Waals surface area (Å²) >= 11 is 0. The number of anilines is 1. The number of halogens is 4. The summed E-state index contributed by atoms with van der Waals surface area (Å²) in [4.78, 5) is 3.83. The van der Waals surface area contributed by atoms with Gasteiger partial charge < -0.3 is 10.0 Å². The number of β-amino-alcohol motifs (C(OH)–C–C–N with tert-alkyl or cyclic N) is 1. The molecule has 1 saturated heterocycles. The van der Waals surface area contributed by atoms with Crippen molar-refractivity contribution in [3.05, 3.63) is 29.6 Å². The number of hydrogen-bond acceptors (Lipinski definition) is 3. The minimum atomic E-state index is -4.68. The van der Waals surface area contributed by atoms with E-state index in [1.165, 1.54) is 6.07 Å². The second-order valence-corrected chi connectivity index (χ2v) is 4.71. The molecule has 0 aromatic heterocycles. The highest BCUT2D eigenvalue weighted by Crippen LogP contribution is 2.34. The monoisotopic (exact) mass is 292 g/mol. The fourth-order valence-corrected chi connectivity index (χ4v) is 2.30. The summed E-state index contributed by atoms with van der Waals surface area (Å²) in [6, 6.07) is 3.08. The molecule has 112 valence electrons. The number of rotatable bonds is 3. The van der Waals surface area contributed by atoms with Gasteiger partial charge in [-0.05, 0) is 18.2 Å². The van der Waals surface area contributed by atoms with E-state index in [-0.39, 0.29) is 6.61 Å². The molecule has 2 rings (SSSR count). The largest absolute Gasteiger partial charge is 0.419 e. The third-order valence-corrected chi connectivity index (χ3v) is 3.41. The number of nitrogens with zero attached hydrogens (tertiary/aromatic N) is 2. The molecule has 0 amide bonds. The van der Waals surface area contributed by atoms with Crippen LogP contribution in [0.25, 0.3) is 0 Å². The molecule has 20 heavy (non-hydrogen) atoms. The van der Waals surface area contributed by atoms with Gasteiger partial charge in [0.05, 0.1) is 12.2 Å². The summed E-state index contributed by atoms with van der Waals surface area (Å²) < 4.78 is 51.2. The number of benzene rings is 1. The standard InChI is InChI=1S/C13H16F4N2O/c14-12-2-1-10(9-11(12)13(15,16)17)19-5-3-18(4-6-19)7-8-20/h1-2,9,20H,3-8H2. The normalized spacial score (nSPS) is 17.6. The van der Waals surface area contributed by atoms with Gasteiger partial charge in [0.2, 0.25) is 0 Å². The summed E-state index contributed by atoms with van der Waals surface area (Å²) in [6.07, 6.45) is -4.68. The van der Waals surface area contributed by atoms with Crippen LogP contribution in [0, 0.1) is 5.82 Å². The molecule has 1 aromatic carbocycles. The van der Waals surface area contributed by atoms with Crippen molar-refractivity contribution < 1.29 is 22.7 Å². The predicted octanol–water partition coefficient (Wildman–Crippen LogP) is 1.96. The van der Waals surface area contributed by atoms with Crippen LogP contribution < -0.4 is 4.90 Å². The molecule has 1 aliphatic heterocycles. The Morgan fingerprint density at radius 2 is 1.75 bits per heavy atom. The molecule has 0 bridgehead atoms. The van der Waals surface area contributed by atoms with Gasteiger partial charge in [-0.2, -0.15) is 13.2 Å². The van der Waals surface area contributed by atoms with Crippen LogP contribution in [-0.2, 0) is 6.18 Å². The van der Waals surface area contributed by atoms with Crippen molar-refractivity contribution >= 4 is 5.69 Å². The molecule has 1 aliphatic rings. The Morgan fingerprint density at radius 1 is 1.10 bits per heavy atom. The van der Waals surface area contributed by atoms with Crippen LogP contribution in [0.5, 0.6) is 0 Å². The van der Waals surface area contributed by atoms with Crippen LogP contribution in [0.3, 0.4) is 0 Å². The number of alkyl halides is 3. The molecule has 0 radical (unpaired) electrons. The third kappa shape index (κ3) is 3.40. The van der Waals surface area contributed by atoms with Crippen LogP contribution in [-0.4, -0.2) is 49.3 Å². The molecule has 1 fully saturated rings. The Kier molecular flexibility index (Phi) is 4.49. The topological polar surface area (TPSA) is 26.7 Å². The van der Waals surface area contributed by atoms with Crippen LogP contribution in [0.15, 0.2) is 18.2 Å². The highest BCUT2D eigenvalue weighted by atomic mass is 19.4. The first kappa shape index (κ1) is 15.1. The molecule has 1 aromatic rings. The molecule has 1 N–H and O–H groups in total. The lowest BCUT2D eigenvalue weighted by Crippen LogP contribution is -2.47. The lowest BCUT2D eigenvalue weighted by atomic mass is 10.1. The van der Waals surface area contributed by atoms with E-state index in [4.69, 9.17) is 5.11 Å². The van der Waals surface area contributed by atoms with Gasteiger partial charge in [0.15, 0.2) is 0 Å². The maximum atomic E-state index is 13.2. The van der Waals surface area contributed by atoms with E-state index in [0.717, 1.165) is 12.1 Å². The molecule has 0 saturated carbocycles. The van der Waals surface area contributed by atoms with Crippen molar-refractivity contribution in [1.29, 1.82) is 0 Å². The molecule has 7 heteroatoms. The number of hydrogen-bond donors (Lipinski definition) is 1. The molecule has 0 unspecified atom stereocenters. The first-order valence-electron chi connectivity index (χ1n) is 6.36. The maximum absolute atomic E-state index is 13.2. The van der Waals surface area contributed by atoms with Gasteiger partial charge in [-0.25, -0.2) is 4.39 Å². The first-order valence-corrected chi connectivity index (χ1v) is 6.36. The lowest BCUT2D eigenvalue weighted by molar-refractivity contribution is -0.139. The van der Waals surface area contributed by atoms with Crippen molar-refractivity contribution in [3.63, 3.8) is 0 Å². The smallest absolute Gasteiger partial charge is 0.395 e. The van der Waals surface area contributed by atoms with Gasteiger partial charge in [0.1, 0.15) is 5.82 Å². The number of aliphatic hydroxyl groups is 1. The van der Waals surface area contributed by atoms with Crippen molar-refractivity contribution in [2.24, 2.45) is 0 Å². The highest BCUT2D eigenvalue weighted by molar-refractivity contribution is 5.50. The van der Waals surface area contributed by atoms with Crippen molar-refractivity contribution in [2.75, 3.05) is 44.2 Å². The Bertz CT molecular complexity index is 456. The molecule has 3 nitrogen and oxygen atoms in total. The zero-order valence-corrected chi connectivity index (χ0v) is 10.8. The molecule has 1 heterocycles. The number of piperazine rings is 1. The highest BCUT2D eigenvalue weighted by Gasteiger charge is 2.34. The Balaban J connectivity index is 2.11. The fraction of sp³-hybridized carbons (Fsp3) is 0.538. The quantitative estimate of drug-likeness (QED) is 0.863. The fourth-order valence-electron chi connectivity index (χ4n) is 2.30. The predicted molar refractivity (Wildman–Crippen MR) is 67.1 cm³/mol. The van der Waals surface area contributed by atoms with Crippen LogP contribution in [0.2, 0.25) is 0 Å². The average molecular weight is 292 g/mol. The second kappa shape index (κ2) is 5.97. The summed E-state index contributed by atoms with van der Waals surface area (Å²) in [5.41, 5.74) is -0.852. The minimum absolute atomic E-state index is 0.0643. The Hall–Kier alpha value is -1.34. The van der Waals surface area contributed by atoms with Gasteiger partial charge in [-0.3, -0.25) is 4.90 Å². The van der Waals surface area contributed by atoms with Gasteiger partial charge in [-0.1, -0.05) is 0 Å². The van der Waals surface area contributed by atoms with Gasteiger partial charge >= 0.3 is 6.18 Å². The van der Waals surface area contributed by atoms with E-state index in [1.807, 2.05) is 4.90 Å². The van der Waals surface area contributed by atoms with Gasteiger partial charge in [0, 0.05) is 38.4 Å². The molecule has 0 aliphatic carbocycles. The second-order valence-electron chi connectivity index (χ2n) is 4.71. The Morgan fingerprint density at radius 3 is 2.30 bits per heavy atom. The van der Waals surface area contributed by atoms with Crippen LogP contribution in [0.4, 0.5) is 23.2 Å². The molecule has 0 atom stereocenters. The lowest BCUT2D eigenvalue weighted by Gasteiger charge is -2.36. The number of aliphatic hydroxyl groups excluding tert-OH is 1. The van der Waals surface area contributed by atoms with Crippen LogP contribution >= 0.6 is 0 Å². The van der Waals surface area contributed by atoms with E-state index in [9.17, 15) is 17.6 Å².